The highest BCUT2D eigenvalue weighted by molar-refractivity contribution is 9.06. The zero-order chi connectivity index (χ0) is 8.97. The average molecular weight is 238 g/mol. The van der Waals surface area contributed by atoms with Crippen LogP contribution >= 0.6 is 16.3 Å². The largest absolute Gasteiger partial charge is 0.421 e. The van der Waals surface area contributed by atoms with E-state index in [-0.39, 0.29) is 12.1 Å². The smallest absolute Gasteiger partial charge is 0.383 e. The van der Waals surface area contributed by atoms with Crippen LogP contribution in [0.3, 0.4) is 0 Å². The van der Waals surface area contributed by atoms with Gasteiger partial charge >= 0.3 is 6.09 Å². The van der Waals surface area contributed by atoms with Crippen molar-refractivity contribution in [1.29, 1.82) is 0 Å². The van der Waals surface area contributed by atoms with E-state index < -0.39 is 0 Å². The van der Waals surface area contributed by atoms with Gasteiger partial charge in [0.25, 0.3) is 0 Å². The van der Waals surface area contributed by atoms with Crippen molar-refractivity contribution in [3.63, 3.8) is 0 Å². The summed E-state index contributed by atoms with van der Waals surface area (Å²) < 4.78 is 9.44. The van der Waals surface area contributed by atoms with Gasteiger partial charge in [0.05, 0.1) is 12.6 Å². The molecule has 0 aromatic rings. The normalized spacial score (nSPS) is 22.8. The van der Waals surface area contributed by atoms with Crippen LogP contribution in [0.15, 0.2) is 0 Å². The molecule has 1 saturated heterocycles. The molecule has 0 aromatic heterocycles. The van der Waals surface area contributed by atoms with Gasteiger partial charge in [-0.05, 0) is 12.8 Å². The third-order valence-corrected chi connectivity index (χ3v) is 2.31. The molecule has 1 atom stereocenters. The lowest BCUT2D eigenvalue weighted by Crippen LogP contribution is -2.37. The molecule has 0 unspecified atom stereocenters. The molecule has 1 amide bonds. The maximum absolute atomic E-state index is 11.1. The van der Waals surface area contributed by atoms with Crippen molar-refractivity contribution in [1.82, 2.24) is 4.90 Å². The van der Waals surface area contributed by atoms with Gasteiger partial charge in [-0.1, -0.05) is 0 Å². The first-order valence-electron chi connectivity index (χ1n) is 3.87. The minimum atomic E-state index is -0.324. The maximum atomic E-state index is 11.1. The van der Waals surface area contributed by atoms with Crippen molar-refractivity contribution >= 4 is 22.4 Å². The molecule has 1 fully saturated rings. The summed E-state index contributed by atoms with van der Waals surface area (Å²) in [7, 11) is 1.63. The molecule has 0 N–H and O–H groups in total. The summed E-state index contributed by atoms with van der Waals surface area (Å²) in [5.74, 6) is 0. The monoisotopic (exact) mass is 237 g/mol. The molecule has 0 radical (unpaired) electrons. The second-order valence-electron chi connectivity index (χ2n) is 2.79. The van der Waals surface area contributed by atoms with Crippen LogP contribution in [0.25, 0.3) is 0 Å². The molecule has 70 valence electrons. The van der Waals surface area contributed by atoms with E-state index in [0.29, 0.717) is 6.61 Å². The van der Waals surface area contributed by atoms with Crippen LogP contribution in [0.1, 0.15) is 12.8 Å². The van der Waals surface area contributed by atoms with Crippen LogP contribution < -0.4 is 0 Å². The second kappa shape index (κ2) is 4.67. The van der Waals surface area contributed by atoms with E-state index in [2.05, 4.69) is 20.1 Å². The molecule has 1 heterocycles. The van der Waals surface area contributed by atoms with E-state index in [1.54, 1.807) is 12.0 Å². The number of carbonyl (C=O) groups is 1. The van der Waals surface area contributed by atoms with Crippen molar-refractivity contribution < 1.29 is 13.4 Å². The molecular formula is C7H12BrNO3. The van der Waals surface area contributed by atoms with Crippen molar-refractivity contribution in [2.75, 3.05) is 20.3 Å². The van der Waals surface area contributed by atoms with Gasteiger partial charge in [-0.15, -0.1) is 0 Å². The fraction of sp³-hybridized carbons (Fsp3) is 0.857. The number of ether oxygens (including phenoxy) is 1. The van der Waals surface area contributed by atoms with Crippen LogP contribution in [0, 0.1) is 0 Å². The number of halogens is 1. The van der Waals surface area contributed by atoms with Crippen LogP contribution in [-0.2, 0) is 8.57 Å². The van der Waals surface area contributed by atoms with Gasteiger partial charge < -0.3 is 13.5 Å². The average Bonchev–Trinajstić information content (AvgIpc) is 2.52. The summed E-state index contributed by atoms with van der Waals surface area (Å²) in [5, 5.41) is 0. The fourth-order valence-corrected chi connectivity index (χ4v) is 1.67. The maximum Gasteiger partial charge on any atom is 0.421 e. The molecule has 0 spiro atoms. The number of amides is 1. The first-order chi connectivity index (χ1) is 5.79. The molecule has 1 aliphatic rings. The summed E-state index contributed by atoms with van der Waals surface area (Å²) >= 11 is 2.67. The van der Waals surface area contributed by atoms with E-state index in [1.165, 1.54) is 0 Å². The molecule has 1 aliphatic heterocycles. The number of nitrogens with zero attached hydrogens (tertiary/aromatic N) is 1. The number of carbonyl (C=O) groups excluding carboxylic acids is 1. The third-order valence-electron chi connectivity index (χ3n) is 2.04. The standard InChI is InChI=1S/C7H12BrNO3/c1-11-5-6-3-2-4-9(6)7(10)12-8/h6H,2-5H2,1H3/t6-/m0/s1. The van der Waals surface area contributed by atoms with E-state index in [1.807, 2.05) is 0 Å². The first kappa shape index (κ1) is 9.80. The van der Waals surface area contributed by atoms with Gasteiger partial charge in [0.15, 0.2) is 16.3 Å². The van der Waals surface area contributed by atoms with Gasteiger partial charge in [0.2, 0.25) is 0 Å². The molecule has 5 heteroatoms. The Morgan fingerprint density at radius 2 is 2.50 bits per heavy atom. The van der Waals surface area contributed by atoms with Gasteiger partial charge in [-0.3, -0.25) is 0 Å². The molecule has 12 heavy (non-hydrogen) atoms. The van der Waals surface area contributed by atoms with E-state index in [9.17, 15) is 4.79 Å². The molecule has 0 aliphatic carbocycles. The quantitative estimate of drug-likeness (QED) is 0.732. The van der Waals surface area contributed by atoms with Crippen molar-refractivity contribution in [3.8, 4) is 0 Å². The number of rotatable bonds is 2. The van der Waals surface area contributed by atoms with Gasteiger partial charge in [0.1, 0.15) is 0 Å². The van der Waals surface area contributed by atoms with Crippen LogP contribution in [-0.4, -0.2) is 37.3 Å². The molecule has 1 rings (SSSR count). The summed E-state index contributed by atoms with van der Waals surface area (Å²) in [6, 6.07) is 0.181. The summed E-state index contributed by atoms with van der Waals surface area (Å²) in [6.07, 6.45) is 1.70. The Bertz CT molecular complexity index is 165. The first-order valence-corrected chi connectivity index (χ1v) is 4.52. The topological polar surface area (TPSA) is 38.8 Å². The lowest BCUT2D eigenvalue weighted by Gasteiger charge is -2.21. The minimum Gasteiger partial charge on any atom is -0.383 e. The predicted molar refractivity (Wildman–Crippen MR) is 47.0 cm³/mol. The van der Waals surface area contributed by atoms with E-state index in [0.717, 1.165) is 19.4 Å². The lowest BCUT2D eigenvalue weighted by atomic mass is 10.2. The number of likely N-dealkylation sites (tertiary alicyclic amines) is 1. The van der Waals surface area contributed by atoms with Gasteiger partial charge in [0, 0.05) is 13.7 Å². The highest BCUT2D eigenvalue weighted by Gasteiger charge is 2.29. The van der Waals surface area contributed by atoms with Crippen LogP contribution in [0.2, 0.25) is 0 Å². The Labute approximate surface area is 80.3 Å². The van der Waals surface area contributed by atoms with Crippen molar-refractivity contribution in [2.45, 2.75) is 18.9 Å². The van der Waals surface area contributed by atoms with Crippen molar-refractivity contribution in [2.24, 2.45) is 0 Å². The fourth-order valence-electron chi connectivity index (χ4n) is 1.49. The predicted octanol–water partition coefficient (Wildman–Crippen LogP) is 1.54. The summed E-state index contributed by atoms with van der Waals surface area (Å²) in [4.78, 5) is 12.8. The van der Waals surface area contributed by atoms with Crippen molar-refractivity contribution in [3.05, 3.63) is 0 Å². The molecule has 0 aromatic carbocycles. The summed E-state index contributed by atoms with van der Waals surface area (Å²) in [5.41, 5.74) is 0. The highest BCUT2D eigenvalue weighted by atomic mass is 79.9. The molecule has 0 saturated carbocycles. The van der Waals surface area contributed by atoms with E-state index in [4.69, 9.17) is 4.74 Å². The summed E-state index contributed by atoms with van der Waals surface area (Å²) in [6.45, 7) is 1.35. The number of methoxy groups -OCH3 is 1. The second-order valence-corrected chi connectivity index (χ2v) is 3.11. The van der Waals surface area contributed by atoms with Crippen LogP contribution in [0.4, 0.5) is 4.79 Å². The Morgan fingerprint density at radius 3 is 3.08 bits per heavy atom. The SMILES string of the molecule is COC[C@@H]1CCCN1C(=O)OBr. The van der Waals surface area contributed by atoms with Gasteiger partial charge in [-0.2, -0.15) is 0 Å². The van der Waals surface area contributed by atoms with Gasteiger partial charge in [-0.25, -0.2) is 4.79 Å². The minimum absolute atomic E-state index is 0.181. The Hall–Kier alpha value is -0.290. The zero-order valence-electron chi connectivity index (χ0n) is 6.96. The Kier molecular flexibility index (Phi) is 3.81. The van der Waals surface area contributed by atoms with Crippen LogP contribution in [0.5, 0.6) is 0 Å². The molecule has 4 nitrogen and oxygen atoms in total. The number of hydrogen-bond donors (Lipinski definition) is 0. The highest BCUT2D eigenvalue weighted by Crippen LogP contribution is 2.18. The molecule has 0 bridgehead atoms. The Morgan fingerprint density at radius 1 is 1.75 bits per heavy atom. The third kappa shape index (κ3) is 2.10. The lowest BCUT2D eigenvalue weighted by molar-refractivity contribution is 0.108. The zero-order valence-corrected chi connectivity index (χ0v) is 8.54. The Balaban J connectivity index is 2.45. The number of hydrogen-bond acceptors (Lipinski definition) is 3. The molecular weight excluding hydrogens is 226 g/mol. The van der Waals surface area contributed by atoms with E-state index >= 15 is 0 Å².